The van der Waals surface area contributed by atoms with Gasteiger partial charge in [0.1, 0.15) is 29.0 Å². The molecule has 4 atom stereocenters. The lowest BCUT2D eigenvalue weighted by molar-refractivity contribution is 0.0165. The Morgan fingerprint density at radius 2 is 1.47 bits per heavy atom. The molecule has 5 rings (SSSR count). The van der Waals surface area contributed by atoms with Crippen molar-refractivity contribution in [2.45, 2.75) is 124 Å². The van der Waals surface area contributed by atoms with E-state index in [1.54, 1.807) is 9.80 Å². The maximum Gasteiger partial charge on any atom is 0.410 e. The highest BCUT2D eigenvalue weighted by Gasteiger charge is 2.56. The SMILES string of the molecule is CCCCN(CC1=NC2OC2C(C)(c2ccc(-c3ccc(-c4cnc([C@H](C)N(CCC)C(=O)OC(C)(C)C)[nH]4)cc3)cc2)N1)C(=O)OC(C)(C)C. The van der Waals surface area contributed by atoms with Crippen molar-refractivity contribution in [3.63, 3.8) is 0 Å². The van der Waals surface area contributed by atoms with Crippen LogP contribution in [0.15, 0.2) is 59.7 Å². The highest BCUT2D eigenvalue weighted by molar-refractivity contribution is 5.89. The number of aromatic amines is 1. The van der Waals surface area contributed by atoms with Crippen LogP contribution in [0.1, 0.15) is 106 Å². The number of imidazole rings is 1. The summed E-state index contributed by atoms with van der Waals surface area (Å²) in [5.74, 6) is 1.43. The van der Waals surface area contributed by atoms with E-state index in [2.05, 4.69) is 77.7 Å². The molecule has 11 heteroatoms. The van der Waals surface area contributed by atoms with Gasteiger partial charge < -0.3 is 29.4 Å². The summed E-state index contributed by atoms with van der Waals surface area (Å²) in [5.41, 5.74) is 3.50. The maximum atomic E-state index is 13.0. The van der Waals surface area contributed by atoms with Gasteiger partial charge in [-0.05, 0) is 90.5 Å². The normalized spacial score (nSPS) is 20.4. The molecule has 3 unspecified atom stereocenters. The minimum Gasteiger partial charge on any atom is -0.444 e. The zero-order chi connectivity index (χ0) is 37.1. The van der Waals surface area contributed by atoms with Crippen LogP contribution >= 0.6 is 0 Å². The number of H-pyrrole nitrogens is 1. The lowest BCUT2D eigenvalue weighted by Gasteiger charge is -2.35. The van der Waals surface area contributed by atoms with Crippen molar-refractivity contribution >= 4 is 18.0 Å². The molecule has 0 spiro atoms. The fourth-order valence-corrected chi connectivity index (χ4v) is 6.29. The van der Waals surface area contributed by atoms with Crippen molar-refractivity contribution in [2.75, 3.05) is 19.6 Å². The molecule has 0 saturated carbocycles. The van der Waals surface area contributed by atoms with Crippen LogP contribution in [0.5, 0.6) is 0 Å². The van der Waals surface area contributed by atoms with E-state index in [-0.39, 0.29) is 30.6 Å². The summed E-state index contributed by atoms with van der Waals surface area (Å²) in [4.78, 5) is 42.2. The first-order chi connectivity index (χ1) is 24.0. The molecule has 1 fully saturated rings. The first kappa shape index (κ1) is 37.9. The minimum atomic E-state index is -0.576. The number of aromatic nitrogens is 2. The minimum absolute atomic E-state index is 0.0859. The number of epoxide rings is 1. The summed E-state index contributed by atoms with van der Waals surface area (Å²) in [6.45, 7) is 21.0. The lowest BCUT2D eigenvalue weighted by atomic mass is 9.86. The number of benzene rings is 2. The molecule has 3 aromatic rings. The number of fused-ring (bicyclic) bond motifs is 1. The van der Waals surface area contributed by atoms with E-state index >= 15 is 0 Å². The van der Waals surface area contributed by atoms with Crippen LogP contribution in [0.3, 0.4) is 0 Å². The first-order valence-corrected chi connectivity index (χ1v) is 18.3. The summed E-state index contributed by atoms with van der Waals surface area (Å²) in [6.07, 6.45) is 3.48. The van der Waals surface area contributed by atoms with E-state index in [0.717, 1.165) is 53.0 Å². The third kappa shape index (κ3) is 9.30. The summed E-state index contributed by atoms with van der Waals surface area (Å²) >= 11 is 0. The van der Waals surface area contributed by atoms with Crippen molar-refractivity contribution in [3.05, 3.63) is 66.1 Å². The number of ether oxygens (including phenoxy) is 3. The number of hydrogen-bond acceptors (Lipinski definition) is 8. The van der Waals surface area contributed by atoms with Gasteiger partial charge in [0.2, 0.25) is 0 Å². The molecule has 51 heavy (non-hydrogen) atoms. The van der Waals surface area contributed by atoms with E-state index in [4.69, 9.17) is 19.2 Å². The third-order valence-corrected chi connectivity index (χ3v) is 9.06. The molecule has 276 valence electrons. The molecule has 2 N–H and O–H groups in total. The molecule has 2 aromatic carbocycles. The van der Waals surface area contributed by atoms with Gasteiger partial charge in [0.25, 0.3) is 0 Å². The molecule has 2 aliphatic rings. The van der Waals surface area contributed by atoms with Crippen molar-refractivity contribution in [2.24, 2.45) is 4.99 Å². The number of nitrogens with zero attached hydrogens (tertiary/aromatic N) is 4. The Hall–Kier alpha value is -4.38. The lowest BCUT2D eigenvalue weighted by Crippen LogP contribution is -2.54. The number of carbonyl (C=O) groups excluding carboxylic acids is 2. The Bertz CT molecular complexity index is 1690. The third-order valence-electron chi connectivity index (χ3n) is 9.06. The van der Waals surface area contributed by atoms with Gasteiger partial charge in [0, 0.05) is 13.1 Å². The van der Waals surface area contributed by atoms with Gasteiger partial charge >= 0.3 is 12.2 Å². The van der Waals surface area contributed by atoms with Crippen LogP contribution in [0.2, 0.25) is 0 Å². The molecule has 0 radical (unpaired) electrons. The molecule has 1 aromatic heterocycles. The molecule has 2 amide bonds. The monoisotopic (exact) mass is 700 g/mol. The van der Waals surface area contributed by atoms with Crippen LogP contribution in [-0.4, -0.2) is 81.0 Å². The smallest absolute Gasteiger partial charge is 0.410 e. The molecule has 3 heterocycles. The van der Waals surface area contributed by atoms with Gasteiger partial charge in [-0.2, -0.15) is 0 Å². The fourth-order valence-electron chi connectivity index (χ4n) is 6.29. The standard InChI is InChI=1S/C40H56N6O5/c1-11-13-23-45(36(47)50-38(4,5)6)25-32-43-35-33(49-35)40(10,44-32)30-20-18-28(19-21-30)27-14-16-29(17-15-27)31-24-41-34(42-31)26(3)46(22-12-2)37(48)51-39(7,8)9/h14-21,24,26,33,35H,11-13,22-23,25H2,1-10H3,(H,41,42)(H,43,44)/t26-,33?,35?,40?/m0/s1. The van der Waals surface area contributed by atoms with Crippen LogP contribution in [-0.2, 0) is 19.7 Å². The number of hydrogen-bond donors (Lipinski definition) is 2. The van der Waals surface area contributed by atoms with Crippen molar-refractivity contribution in [3.8, 4) is 22.4 Å². The fraction of sp³-hybridized carbons (Fsp3) is 0.550. The molecule has 0 bridgehead atoms. The Morgan fingerprint density at radius 3 is 2.06 bits per heavy atom. The Morgan fingerprint density at radius 1 is 0.882 bits per heavy atom. The van der Waals surface area contributed by atoms with Crippen LogP contribution in [0.4, 0.5) is 9.59 Å². The zero-order valence-electron chi connectivity index (χ0n) is 32.0. The molecular formula is C40H56N6O5. The highest BCUT2D eigenvalue weighted by atomic mass is 16.6. The number of amidine groups is 1. The van der Waals surface area contributed by atoms with Crippen LogP contribution in [0, 0.1) is 0 Å². The average molecular weight is 701 g/mol. The number of aliphatic imine (C=N–C) groups is 1. The second-order valence-electron chi connectivity index (χ2n) is 15.8. The summed E-state index contributed by atoms with van der Waals surface area (Å²) in [6, 6.07) is 16.6. The molecule has 0 aliphatic carbocycles. The first-order valence-electron chi connectivity index (χ1n) is 18.3. The Kier molecular flexibility index (Phi) is 11.2. The number of rotatable bonds is 12. The van der Waals surface area contributed by atoms with Gasteiger partial charge in [0.15, 0.2) is 6.23 Å². The summed E-state index contributed by atoms with van der Waals surface area (Å²) in [5, 5.41) is 3.62. The van der Waals surface area contributed by atoms with Crippen LogP contribution < -0.4 is 5.32 Å². The number of amides is 2. The Balaban J connectivity index is 1.26. The van der Waals surface area contributed by atoms with Gasteiger partial charge in [-0.3, -0.25) is 4.90 Å². The quantitative estimate of drug-likeness (QED) is 0.182. The van der Waals surface area contributed by atoms with E-state index in [1.807, 2.05) is 61.6 Å². The second kappa shape index (κ2) is 15.1. The summed E-state index contributed by atoms with van der Waals surface area (Å²) < 4.78 is 17.4. The topological polar surface area (TPSA) is 125 Å². The van der Waals surface area contributed by atoms with Gasteiger partial charge in [-0.15, -0.1) is 0 Å². The molecule has 2 aliphatic heterocycles. The molecular weight excluding hydrogens is 644 g/mol. The molecule has 11 nitrogen and oxygen atoms in total. The second-order valence-corrected chi connectivity index (χ2v) is 15.8. The number of unbranched alkanes of at least 4 members (excludes halogenated alkanes) is 1. The van der Waals surface area contributed by atoms with Crippen LogP contribution in [0.25, 0.3) is 22.4 Å². The van der Waals surface area contributed by atoms with Gasteiger partial charge in [0.05, 0.1) is 30.0 Å². The van der Waals surface area contributed by atoms with Crippen molar-refractivity contribution < 1.29 is 23.8 Å². The zero-order valence-corrected chi connectivity index (χ0v) is 32.0. The predicted molar refractivity (Wildman–Crippen MR) is 200 cm³/mol. The average Bonchev–Trinajstić information content (AvgIpc) is 3.69. The van der Waals surface area contributed by atoms with E-state index in [0.29, 0.717) is 25.5 Å². The largest absolute Gasteiger partial charge is 0.444 e. The van der Waals surface area contributed by atoms with Crippen molar-refractivity contribution in [1.29, 1.82) is 0 Å². The highest BCUT2D eigenvalue weighted by Crippen LogP contribution is 2.43. The van der Waals surface area contributed by atoms with E-state index in [9.17, 15) is 9.59 Å². The predicted octanol–water partition coefficient (Wildman–Crippen LogP) is 8.43. The summed E-state index contributed by atoms with van der Waals surface area (Å²) in [7, 11) is 0. The van der Waals surface area contributed by atoms with Gasteiger partial charge in [-0.25, -0.2) is 19.6 Å². The van der Waals surface area contributed by atoms with E-state index < -0.39 is 16.7 Å². The van der Waals surface area contributed by atoms with Gasteiger partial charge in [-0.1, -0.05) is 68.8 Å². The van der Waals surface area contributed by atoms with E-state index in [1.165, 1.54) is 0 Å². The Labute approximate surface area is 303 Å². The molecule has 1 saturated heterocycles. The maximum absolute atomic E-state index is 13.0. The number of nitrogens with one attached hydrogen (secondary N) is 2. The number of carbonyl (C=O) groups is 2. The van der Waals surface area contributed by atoms with Crippen molar-refractivity contribution in [1.82, 2.24) is 25.1 Å².